The predicted molar refractivity (Wildman–Crippen MR) is 72.0 cm³/mol. The highest BCUT2D eigenvalue weighted by Crippen LogP contribution is 1.93. The van der Waals surface area contributed by atoms with Crippen molar-refractivity contribution in [1.29, 1.82) is 0 Å². The summed E-state index contributed by atoms with van der Waals surface area (Å²) in [4.78, 5) is 46.9. The summed E-state index contributed by atoms with van der Waals surface area (Å²) in [6.45, 7) is -0.546. The Labute approximate surface area is 120 Å². The van der Waals surface area contributed by atoms with Gasteiger partial charge in [0.2, 0.25) is 5.91 Å². The van der Waals surface area contributed by atoms with E-state index in [-0.39, 0.29) is 19.7 Å². The number of aliphatic carboxylic acids is 1. The topological polar surface area (TPSA) is 111 Å². The van der Waals surface area contributed by atoms with Crippen LogP contribution in [-0.4, -0.2) is 57.8 Å². The average Bonchev–Trinajstić information content (AvgIpc) is 2.43. The first-order valence-corrected chi connectivity index (χ1v) is 6.11. The number of amides is 1. The monoisotopic (exact) mass is 299 g/mol. The minimum atomic E-state index is -1.16. The van der Waals surface area contributed by atoms with E-state index in [0.717, 1.165) is 20.1 Å². The summed E-state index contributed by atoms with van der Waals surface area (Å²) in [5, 5.41) is 8.78. The molecule has 0 aliphatic heterocycles. The number of ether oxygens (including phenoxy) is 1. The molecule has 116 valence electrons. The second-order valence-electron chi connectivity index (χ2n) is 4.33. The first-order valence-electron chi connectivity index (χ1n) is 6.11. The van der Waals surface area contributed by atoms with Gasteiger partial charge in [0, 0.05) is 33.0 Å². The largest absolute Gasteiger partial charge is 0.480 e. The van der Waals surface area contributed by atoms with Crippen molar-refractivity contribution < 1.29 is 19.4 Å². The predicted octanol–water partition coefficient (Wildman–Crippen LogP) is -1.89. The molecule has 0 saturated heterocycles. The molecule has 0 radical (unpaired) electrons. The molecule has 0 aliphatic rings. The third-order valence-electron chi connectivity index (χ3n) is 2.81. The van der Waals surface area contributed by atoms with E-state index < -0.39 is 29.7 Å². The molecule has 1 aromatic heterocycles. The molecule has 1 heterocycles. The summed E-state index contributed by atoms with van der Waals surface area (Å²) in [7, 11) is 2.73. The van der Waals surface area contributed by atoms with Crippen molar-refractivity contribution >= 4 is 11.9 Å². The molecule has 9 heteroatoms. The van der Waals surface area contributed by atoms with E-state index >= 15 is 0 Å². The van der Waals surface area contributed by atoms with Gasteiger partial charge in [0.25, 0.3) is 5.56 Å². The van der Waals surface area contributed by atoms with Crippen molar-refractivity contribution in [3.05, 3.63) is 33.1 Å². The highest BCUT2D eigenvalue weighted by atomic mass is 16.5. The second kappa shape index (κ2) is 7.39. The van der Waals surface area contributed by atoms with Gasteiger partial charge in [0.15, 0.2) is 0 Å². The third kappa shape index (κ3) is 4.56. The fraction of sp³-hybridized carbons (Fsp3) is 0.500. The number of hydrogen-bond donors (Lipinski definition) is 1. The van der Waals surface area contributed by atoms with Gasteiger partial charge >= 0.3 is 11.7 Å². The summed E-state index contributed by atoms with van der Waals surface area (Å²) >= 11 is 0. The second-order valence-corrected chi connectivity index (χ2v) is 4.33. The number of carbonyl (C=O) groups excluding carboxylic acids is 1. The third-order valence-corrected chi connectivity index (χ3v) is 2.81. The minimum Gasteiger partial charge on any atom is -0.480 e. The molecular weight excluding hydrogens is 282 g/mol. The zero-order valence-electron chi connectivity index (χ0n) is 11.8. The lowest BCUT2D eigenvalue weighted by molar-refractivity contribution is -0.145. The maximum absolute atomic E-state index is 12.1. The summed E-state index contributed by atoms with van der Waals surface area (Å²) < 4.78 is 6.72. The van der Waals surface area contributed by atoms with Crippen molar-refractivity contribution in [2.24, 2.45) is 7.05 Å². The number of nitrogens with zero attached hydrogens (tertiary/aromatic N) is 3. The number of carbonyl (C=O) groups is 2. The van der Waals surface area contributed by atoms with Crippen LogP contribution in [0.4, 0.5) is 0 Å². The van der Waals surface area contributed by atoms with Crippen LogP contribution in [0.1, 0.15) is 0 Å². The Morgan fingerprint density at radius 3 is 2.62 bits per heavy atom. The number of aromatic nitrogens is 2. The Morgan fingerprint density at radius 1 is 1.38 bits per heavy atom. The first kappa shape index (κ1) is 16.6. The number of carboxylic acids is 1. The molecule has 0 aliphatic carbocycles. The van der Waals surface area contributed by atoms with Gasteiger partial charge in [-0.15, -0.1) is 0 Å². The Hall–Kier alpha value is -2.42. The molecule has 0 atom stereocenters. The van der Waals surface area contributed by atoms with Gasteiger partial charge in [-0.25, -0.2) is 4.79 Å². The summed E-state index contributed by atoms with van der Waals surface area (Å²) in [5.41, 5.74) is -1.12. The summed E-state index contributed by atoms with van der Waals surface area (Å²) in [6.07, 6.45) is 1.21. The molecule has 1 rings (SSSR count). The number of methoxy groups -OCH3 is 1. The quantitative estimate of drug-likeness (QED) is 0.630. The van der Waals surface area contributed by atoms with E-state index in [4.69, 9.17) is 9.84 Å². The van der Waals surface area contributed by atoms with Crippen LogP contribution >= 0.6 is 0 Å². The van der Waals surface area contributed by atoms with Gasteiger partial charge in [-0.2, -0.15) is 0 Å². The van der Waals surface area contributed by atoms with E-state index in [0.29, 0.717) is 0 Å². The lowest BCUT2D eigenvalue weighted by Gasteiger charge is -2.20. The standard InChI is InChI=1S/C12H17N3O6/c1-13-9(16)3-4-15(12(13)20)7-10(17)14(5-6-21-2)8-11(18)19/h3-4H,5-8H2,1-2H3,(H,18,19). The molecule has 1 amide bonds. The highest BCUT2D eigenvalue weighted by molar-refractivity contribution is 5.81. The highest BCUT2D eigenvalue weighted by Gasteiger charge is 2.17. The van der Waals surface area contributed by atoms with E-state index in [9.17, 15) is 19.2 Å². The molecule has 9 nitrogen and oxygen atoms in total. The average molecular weight is 299 g/mol. The maximum atomic E-state index is 12.1. The lowest BCUT2D eigenvalue weighted by Crippen LogP contribution is -2.43. The minimum absolute atomic E-state index is 0.0994. The number of hydrogen-bond acceptors (Lipinski definition) is 5. The van der Waals surface area contributed by atoms with Gasteiger partial charge < -0.3 is 14.7 Å². The zero-order chi connectivity index (χ0) is 16.0. The summed E-state index contributed by atoms with van der Waals surface area (Å²) in [6, 6.07) is 1.16. The normalized spacial score (nSPS) is 10.4. The Bertz CT molecular complexity index is 633. The van der Waals surface area contributed by atoms with Gasteiger partial charge in [-0.3, -0.25) is 23.5 Å². The van der Waals surface area contributed by atoms with Crippen molar-refractivity contribution in [1.82, 2.24) is 14.0 Å². The van der Waals surface area contributed by atoms with Crippen LogP contribution in [0.15, 0.2) is 21.9 Å². The Morgan fingerprint density at radius 2 is 2.05 bits per heavy atom. The van der Waals surface area contributed by atoms with Gasteiger partial charge in [0.1, 0.15) is 13.1 Å². The van der Waals surface area contributed by atoms with Gasteiger partial charge in [-0.1, -0.05) is 0 Å². The molecule has 1 N–H and O–H groups in total. The smallest absolute Gasteiger partial charge is 0.331 e. The van der Waals surface area contributed by atoms with E-state index in [1.807, 2.05) is 0 Å². The molecule has 21 heavy (non-hydrogen) atoms. The van der Waals surface area contributed by atoms with Crippen molar-refractivity contribution in [2.75, 3.05) is 26.8 Å². The molecule has 0 saturated carbocycles. The lowest BCUT2D eigenvalue weighted by atomic mass is 10.4. The van der Waals surface area contributed by atoms with Crippen molar-refractivity contribution in [3.8, 4) is 0 Å². The fourth-order valence-corrected chi connectivity index (χ4v) is 1.64. The summed E-state index contributed by atoms with van der Waals surface area (Å²) in [5.74, 6) is -1.71. The fourth-order valence-electron chi connectivity index (χ4n) is 1.64. The van der Waals surface area contributed by atoms with Crippen molar-refractivity contribution in [2.45, 2.75) is 6.54 Å². The van der Waals surface area contributed by atoms with E-state index in [2.05, 4.69) is 0 Å². The van der Waals surface area contributed by atoms with Crippen LogP contribution in [0.5, 0.6) is 0 Å². The molecule has 0 spiro atoms. The number of carboxylic acid groups (broad SMARTS) is 1. The van der Waals surface area contributed by atoms with E-state index in [1.54, 1.807) is 0 Å². The van der Waals surface area contributed by atoms with Crippen LogP contribution in [0.2, 0.25) is 0 Å². The van der Waals surface area contributed by atoms with Crippen LogP contribution in [0.25, 0.3) is 0 Å². The van der Waals surface area contributed by atoms with Crippen LogP contribution < -0.4 is 11.2 Å². The van der Waals surface area contributed by atoms with Crippen LogP contribution in [0, 0.1) is 0 Å². The molecular formula is C12H17N3O6. The van der Waals surface area contributed by atoms with Gasteiger partial charge in [0.05, 0.1) is 6.61 Å². The Balaban J connectivity index is 2.91. The van der Waals surface area contributed by atoms with Gasteiger partial charge in [-0.05, 0) is 0 Å². The zero-order valence-corrected chi connectivity index (χ0v) is 11.8. The molecule has 1 aromatic rings. The first-order chi connectivity index (χ1) is 9.86. The Kier molecular flexibility index (Phi) is 5.85. The molecule has 0 bridgehead atoms. The molecule has 0 aromatic carbocycles. The maximum Gasteiger partial charge on any atom is 0.331 e. The SMILES string of the molecule is COCCN(CC(=O)O)C(=O)Cn1ccc(=O)n(C)c1=O. The molecule has 0 unspecified atom stereocenters. The molecule has 0 fully saturated rings. The van der Waals surface area contributed by atoms with E-state index in [1.165, 1.54) is 20.4 Å². The number of rotatable bonds is 7. The van der Waals surface area contributed by atoms with Crippen LogP contribution in [0.3, 0.4) is 0 Å². The van der Waals surface area contributed by atoms with Crippen molar-refractivity contribution in [3.63, 3.8) is 0 Å². The van der Waals surface area contributed by atoms with Crippen LogP contribution in [-0.2, 0) is 27.9 Å².